The van der Waals surface area contributed by atoms with Crippen LogP contribution in [0.2, 0.25) is 0 Å². The van der Waals surface area contributed by atoms with Crippen molar-refractivity contribution in [1.29, 1.82) is 0 Å². The van der Waals surface area contributed by atoms with Crippen LogP contribution in [0.5, 0.6) is 0 Å². The van der Waals surface area contributed by atoms with Crippen molar-refractivity contribution in [2.45, 2.75) is 32.1 Å². The summed E-state index contributed by atoms with van der Waals surface area (Å²) in [6.07, 6.45) is 2.88. The van der Waals surface area contributed by atoms with Gasteiger partial charge in [-0.2, -0.15) is 0 Å². The molecule has 0 spiro atoms. The van der Waals surface area contributed by atoms with E-state index in [-0.39, 0.29) is 5.91 Å². The standard InChI is InChI=1S/C22H29N3O/c1-17-7-4-5-8-19(17)15-20-9-6-10-21(23-20)18-11-13-25(14-12-18)22(26)16-24(2)3/h4-10,18H,11-16H2,1-3H3. The van der Waals surface area contributed by atoms with E-state index in [0.717, 1.165) is 38.0 Å². The van der Waals surface area contributed by atoms with Crippen molar-refractivity contribution < 1.29 is 4.79 Å². The van der Waals surface area contributed by atoms with Gasteiger partial charge in [-0.1, -0.05) is 30.3 Å². The van der Waals surface area contributed by atoms with E-state index in [0.29, 0.717) is 12.5 Å². The van der Waals surface area contributed by atoms with Gasteiger partial charge in [-0.05, 0) is 57.1 Å². The zero-order valence-corrected chi connectivity index (χ0v) is 16.1. The lowest BCUT2D eigenvalue weighted by Gasteiger charge is -2.32. The van der Waals surface area contributed by atoms with Crippen LogP contribution in [0.4, 0.5) is 0 Å². The molecule has 1 amide bonds. The lowest BCUT2D eigenvalue weighted by molar-refractivity contribution is -0.132. The number of hydrogen-bond acceptors (Lipinski definition) is 3. The van der Waals surface area contributed by atoms with Gasteiger partial charge in [-0.3, -0.25) is 9.78 Å². The summed E-state index contributed by atoms with van der Waals surface area (Å²) >= 11 is 0. The van der Waals surface area contributed by atoms with Crippen molar-refractivity contribution >= 4 is 5.91 Å². The second-order valence-corrected chi connectivity index (χ2v) is 7.55. The van der Waals surface area contributed by atoms with Gasteiger partial charge in [0, 0.05) is 36.8 Å². The van der Waals surface area contributed by atoms with Crippen molar-refractivity contribution in [3.05, 3.63) is 65.0 Å². The number of amides is 1. The maximum Gasteiger partial charge on any atom is 0.236 e. The predicted octanol–water partition coefficient (Wildman–Crippen LogP) is 3.25. The molecule has 0 atom stereocenters. The summed E-state index contributed by atoms with van der Waals surface area (Å²) in [5.41, 5.74) is 4.95. The average molecular weight is 351 g/mol. The smallest absolute Gasteiger partial charge is 0.236 e. The Hall–Kier alpha value is -2.20. The van der Waals surface area contributed by atoms with Gasteiger partial charge >= 0.3 is 0 Å². The van der Waals surface area contributed by atoms with Crippen molar-refractivity contribution in [1.82, 2.24) is 14.8 Å². The molecule has 1 aliphatic heterocycles. The van der Waals surface area contributed by atoms with Crippen molar-refractivity contribution in [3.63, 3.8) is 0 Å². The van der Waals surface area contributed by atoms with Crippen LogP contribution in [0, 0.1) is 6.92 Å². The number of piperidine rings is 1. The second kappa shape index (κ2) is 8.45. The summed E-state index contributed by atoms with van der Waals surface area (Å²) in [5.74, 6) is 0.685. The van der Waals surface area contributed by atoms with Gasteiger partial charge in [-0.15, -0.1) is 0 Å². The average Bonchev–Trinajstić information content (AvgIpc) is 2.63. The van der Waals surface area contributed by atoms with E-state index in [2.05, 4.69) is 49.4 Å². The Morgan fingerprint density at radius 2 is 1.85 bits per heavy atom. The third kappa shape index (κ3) is 4.70. The fraction of sp³-hybridized carbons (Fsp3) is 0.455. The molecule has 0 unspecified atom stereocenters. The first kappa shape index (κ1) is 18.6. The molecule has 4 nitrogen and oxygen atoms in total. The lowest BCUT2D eigenvalue weighted by atomic mass is 9.92. The monoisotopic (exact) mass is 351 g/mol. The number of likely N-dealkylation sites (tertiary alicyclic amines) is 1. The normalized spacial score (nSPS) is 15.5. The number of carbonyl (C=O) groups is 1. The van der Waals surface area contributed by atoms with Crippen molar-refractivity contribution in [2.24, 2.45) is 0 Å². The van der Waals surface area contributed by atoms with Crippen LogP contribution in [0.25, 0.3) is 0 Å². The quantitative estimate of drug-likeness (QED) is 0.830. The minimum Gasteiger partial charge on any atom is -0.342 e. The highest BCUT2D eigenvalue weighted by molar-refractivity contribution is 5.78. The zero-order chi connectivity index (χ0) is 18.5. The van der Waals surface area contributed by atoms with Gasteiger partial charge in [0.15, 0.2) is 0 Å². The summed E-state index contributed by atoms with van der Waals surface area (Å²) in [6.45, 7) is 4.32. The van der Waals surface area contributed by atoms with Gasteiger partial charge in [0.1, 0.15) is 0 Å². The maximum absolute atomic E-state index is 12.2. The molecule has 0 bridgehead atoms. The summed E-state index contributed by atoms with van der Waals surface area (Å²) in [6, 6.07) is 14.9. The van der Waals surface area contributed by atoms with Crippen LogP contribution >= 0.6 is 0 Å². The van der Waals surface area contributed by atoms with Crippen LogP contribution in [0.3, 0.4) is 0 Å². The van der Waals surface area contributed by atoms with Crippen molar-refractivity contribution in [3.8, 4) is 0 Å². The van der Waals surface area contributed by atoms with Gasteiger partial charge < -0.3 is 9.80 Å². The molecule has 0 aliphatic carbocycles. The van der Waals surface area contributed by atoms with E-state index < -0.39 is 0 Å². The number of carbonyl (C=O) groups excluding carboxylic acids is 1. The first-order valence-corrected chi connectivity index (χ1v) is 9.46. The second-order valence-electron chi connectivity index (χ2n) is 7.55. The molecule has 1 aromatic carbocycles. The number of pyridine rings is 1. The Labute approximate surface area is 156 Å². The highest BCUT2D eigenvalue weighted by Crippen LogP contribution is 2.27. The molecule has 2 heterocycles. The van der Waals surface area contributed by atoms with Crippen LogP contribution in [-0.4, -0.2) is 54.4 Å². The van der Waals surface area contributed by atoms with Crippen LogP contribution in [-0.2, 0) is 11.2 Å². The van der Waals surface area contributed by atoms with E-state index in [4.69, 9.17) is 4.98 Å². The molecule has 3 rings (SSSR count). The molecule has 1 fully saturated rings. The summed E-state index contributed by atoms with van der Waals surface area (Å²) in [7, 11) is 3.88. The van der Waals surface area contributed by atoms with Gasteiger partial charge in [-0.25, -0.2) is 0 Å². The fourth-order valence-corrected chi connectivity index (χ4v) is 3.62. The van der Waals surface area contributed by atoms with E-state index in [1.807, 2.05) is 23.9 Å². The Balaban J connectivity index is 1.63. The molecule has 0 saturated carbocycles. The predicted molar refractivity (Wildman–Crippen MR) is 105 cm³/mol. The Kier molecular flexibility index (Phi) is 6.04. The third-order valence-electron chi connectivity index (χ3n) is 5.18. The Bertz CT molecular complexity index is 749. The molecule has 2 aromatic rings. The first-order valence-electron chi connectivity index (χ1n) is 9.46. The van der Waals surface area contributed by atoms with Gasteiger partial charge in [0.25, 0.3) is 0 Å². The van der Waals surface area contributed by atoms with Crippen LogP contribution < -0.4 is 0 Å². The molecule has 1 saturated heterocycles. The SMILES string of the molecule is Cc1ccccc1Cc1cccc(C2CCN(C(=O)CN(C)C)CC2)n1. The minimum absolute atomic E-state index is 0.231. The number of rotatable bonds is 5. The molecule has 0 radical (unpaired) electrons. The number of likely N-dealkylation sites (N-methyl/N-ethyl adjacent to an activating group) is 1. The highest BCUT2D eigenvalue weighted by Gasteiger charge is 2.24. The van der Waals surface area contributed by atoms with Crippen LogP contribution in [0.15, 0.2) is 42.5 Å². The first-order chi connectivity index (χ1) is 12.5. The fourth-order valence-electron chi connectivity index (χ4n) is 3.62. The molecular weight excluding hydrogens is 322 g/mol. The zero-order valence-electron chi connectivity index (χ0n) is 16.1. The number of aromatic nitrogens is 1. The van der Waals surface area contributed by atoms with E-state index in [1.165, 1.54) is 16.8 Å². The number of hydrogen-bond donors (Lipinski definition) is 0. The van der Waals surface area contributed by atoms with Crippen molar-refractivity contribution in [2.75, 3.05) is 33.7 Å². The van der Waals surface area contributed by atoms with E-state index >= 15 is 0 Å². The number of aryl methyl sites for hydroxylation is 1. The summed E-state index contributed by atoms with van der Waals surface area (Å²) in [4.78, 5) is 21.1. The van der Waals surface area contributed by atoms with Crippen LogP contribution in [0.1, 0.15) is 41.3 Å². The largest absolute Gasteiger partial charge is 0.342 e. The maximum atomic E-state index is 12.2. The molecule has 4 heteroatoms. The number of benzene rings is 1. The highest BCUT2D eigenvalue weighted by atomic mass is 16.2. The molecule has 26 heavy (non-hydrogen) atoms. The molecule has 1 aromatic heterocycles. The number of nitrogens with zero attached hydrogens (tertiary/aromatic N) is 3. The summed E-state index contributed by atoms with van der Waals surface area (Å²) < 4.78 is 0. The topological polar surface area (TPSA) is 36.4 Å². The molecule has 1 aliphatic rings. The Morgan fingerprint density at radius 1 is 1.12 bits per heavy atom. The molecule has 0 N–H and O–H groups in total. The van der Waals surface area contributed by atoms with Gasteiger partial charge in [0.2, 0.25) is 5.91 Å². The van der Waals surface area contributed by atoms with E-state index in [9.17, 15) is 4.79 Å². The third-order valence-corrected chi connectivity index (χ3v) is 5.18. The Morgan fingerprint density at radius 3 is 2.54 bits per heavy atom. The molecule has 138 valence electrons. The summed E-state index contributed by atoms with van der Waals surface area (Å²) in [5, 5.41) is 0. The van der Waals surface area contributed by atoms with Gasteiger partial charge in [0.05, 0.1) is 6.54 Å². The molecular formula is C22H29N3O. The minimum atomic E-state index is 0.231. The van der Waals surface area contributed by atoms with E-state index in [1.54, 1.807) is 0 Å². The lowest BCUT2D eigenvalue weighted by Crippen LogP contribution is -2.42.